The highest BCUT2D eigenvalue weighted by Crippen LogP contribution is 2.12. The second-order valence-electron chi connectivity index (χ2n) is 4.67. The van der Waals surface area contributed by atoms with E-state index in [0.717, 1.165) is 5.56 Å². The van der Waals surface area contributed by atoms with Crippen LogP contribution in [0, 0.1) is 0 Å². The summed E-state index contributed by atoms with van der Waals surface area (Å²) in [6, 6.07) is 9.03. The van der Waals surface area contributed by atoms with Crippen LogP contribution < -0.4 is 0 Å². The summed E-state index contributed by atoms with van der Waals surface area (Å²) in [5.74, 6) is -0.0529. The van der Waals surface area contributed by atoms with Crippen molar-refractivity contribution in [3.8, 4) is 0 Å². The third-order valence-corrected chi connectivity index (χ3v) is 3.32. The minimum absolute atomic E-state index is 0.0529. The van der Waals surface area contributed by atoms with Crippen LogP contribution in [-0.2, 0) is 16.1 Å². The molecule has 19 heavy (non-hydrogen) atoms. The average molecular weight is 262 g/mol. The molecule has 2 rings (SSSR count). The Labute approximate surface area is 112 Å². The number of piperazine rings is 1. The minimum Gasteiger partial charge on any atom is -0.445 e. The molecular weight excluding hydrogens is 244 g/mol. The molecule has 1 aliphatic heterocycles. The zero-order valence-corrected chi connectivity index (χ0v) is 11.2. The number of carbonyl (C=O) groups excluding carboxylic acids is 2. The van der Waals surface area contributed by atoms with Gasteiger partial charge in [0.25, 0.3) is 0 Å². The first kappa shape index (κ1) is 13.4. The maximum atomic E-state index is 12.0. The number of rotatable bonds is 2. The molecule has 1 saturated heterocycles. The van der Waals surface area contributed by atoms with Crippen LogP contribution in [-0.4, -0.2) is 48.0 Å². The molecule has 1 aliphatic rings. The molecular formula is C14H18N2O3. The fraction of sp³-hybridized carbons (Fsp3) is 0.429. The Balaban J connectivity index is 1.91. The van der Waals surface area contributed by atoms with Gasteiger partial charge in [-0.15, -0.1) is 0 Å². The molecule has 0 aliphatic carbocycles. The molecule has 5 nitrogen and oxygen atoms in total. The molecule has 0 N–H and O–H groups in total. The monoisotopic (exact) mass is 262 g/mol. The number of likely N-dealkylation sites (N-methyl/N-ethyl adjacent to an activating group) is 1. The summed E-state index contributed by atoms with van der Waals surface area (Å²) in [6.07, 6.45) is -0.433. The lowest BCUT2D eigenvalue weighted by Crippen LogP contribution is -2.56. The summed E-state index contributed by atoms with van der Waals surface area (Å²) in [5.41, 5.74) is 0.934. The summed E-state index contributed by atoms with van der Waals surface area (Å²) in [5, 5.41) is 0. The first-order valence-corrected chi connectivity index (χ1v) is 6.32. The molecule has 0 saturated carbocycles. The van der Waals surface area contributed by atoms with Gasteiger partial charge in [0, 0.05) is 20.1 Å². The number of benzene rings is 1. The SMILES string of the molecule is C[C@@H]1C(=O)N(C)CCN1C(=O)OCc1ccccc1. The van der Waals surface area contributed by atoms with Gasteiger partial charge in [0.05, 0.1) is 0 Å². The van der Waals surface area contributed by atoms with Crippen LogP contribution in [0.25, 0.3) is 0 Å². The molecule has 0 unspecified atom stereocenters. The minimum atomic E-state index is -0.456. The summed E-state index contributed by atoms with van der Waals surface area (Å²) in [4.78, 5) is 26.9. The third kappa shape index (κ3) is 3.05. The zero-order chi connectivity index (χ0) is 13.8. The van der Waals surface area contributed by atoms with E-state index < -0.39 is 12.1 Å². The van der Waals surface area contributed by atoms with Crippen molar-refractivity contribution in [1.82, 2.24) is 9.80 Å². The van der Waals surface area contributed by atoms with Crippen molar-refractivity contribution < 1.29 is 14.3 Å². The number of nitrogens with zero attached hydrogens (tertiary/aromatic N) is 2. The number of hydrogen-bond donors (Lipinski definition) is 0. The van der Waals surface area contributed by atoms with Gasteiger partial charge in [-0.3, -0.25) is 9.69 Å². The van der Waals surface area contributed by atoms with Crippen LogP contribution in [0.4, 0.5) is 4.79 Å². The molecule has 1 aromatic rings. The zero-order valence-electron chi connectivity index (χ0n) is 11.2. The average Bonchev–Trinajstić information content (AvgIpc) is 2.43. The van der Waals surface area contributed by atoms with E-state index in [0.29, 0.717) is 13.1 Å². The van der Waals surface area contributed by atoms with Crippen LogP contribution in [0.2, 0.25) is 0 Å². The van der Waals surface area contributed by atoms with E-state index >= 15 is 0 Å². The number of hydrogen-bond acceptors (Lipinski definition) is 3. The van der Waals surface area contributed by atoms with Crippen molar-refractivity contribution in [2.45, 2.75) is 19.6 Å². The first-order valence-electron chi connectivity index (χ1n) is 6.32. The second-order valence-corrected chi connectivity index (χ2v) is 4.67. The molecule has 1 atom stereocenters. The highest BCUT2D eigenvalue weighted by molar-refractivity contribution is 5.86. The lowest BCUT2D eigenvalue weighted by Gasteiger charge is -2.36. The molecule has 1 fully saturated rings. The van der Waals surface area contributed by atoms with Gasteiger partial charge in [-0.2, -0.15) is 0 Å². The fourth-order valence-electron chi connectivity index (χ4n) is 2.07. The van der Waals surface area contributed by atoms with E-state index in [1.165, 1.54) is 4.90 Å². The van der Waals surface area contributed by atoms with Gasteiger partial charge in [-0.1, -0.05) is 30.3 Å². The van der Waals surface area contributed by atoms with Crippen molar-refractivity contribution >= 4 is 12.0 Å². The largest absolute Gasteiger partial charge is 0.445 e. The van der Waals surface area contributed by atoms with E-state index in [1.807, 2.05) is 30.3 Å². The predicted molar refractivity (Wildman–Crippen MR) is 70.4 cm³/mol. The Morgan fingerprint density at radius 1 is 1.32 bits per heavy atom. The first-order chi connectivity index (χ1) is 9.09. The lowest BCUT2D eigenvalue weighted by atomic mass is 10.2. The van der Waals surface area contributed by atoms with Gasteiger partial charge >= 0.3 is 6.09 Å². The highest BCUT2D eigenvalue weighted by atomic mass is 16.6. The van der Waals surface area contributed by atoms with Crippen LogP contribution in [0.15, 0.2) is 30.3 Å². The molecule has 0 spiro atoms. The van der Waals surface area contributed by atoms with E-state index in [1.54, 1.807) is 18.9 Å². The topological polar surface area (TPSA) is 49.9 Å². The summed E-state index contributed by atoms with van der Waals surface area (Å²) in [6.45, 7) is 3.01. The quantitative estimate of drug-likeness (QED) is 0.811. The third-order valence-electron chi connectivity index (χ3n) is 3.32. The standard InChI is InChI=1S/C14H18N2O3/c1-11-13(17)15(2)8-9-16(11)14(18)19-10-12-6-4-3-5-7-12/h3-7,11H,8-10H2,1-2H3/t11-/m1/s1. The highest BCUT2D eigenvalue weighted by Gasteiger charge is 2.33. The van der Waals surface area contributed by atoms with Crippen LogP contribution in [0.5, 0.6) is 0 Å². The molecule has 1 heterocycles. The maximum absolute atomic E-state index is 12.0. The molecule has 0 radical (unpaired) electrons. The van der Waals surface area contributed by atoms with Gasteiger partial charge < -0.3 is 9.64 Å². The Bertz CT molecular complexity index is 461. The van der Waals surface area contributed by atoms with Gasteiger partial charge in [-0.05, 0) is 12.5 Å². The normalized spacial score (nSPS) is 19.5. The maximum Gasteiger partial charge on any atom is 0.410 e. The lowest BCUT2D eigenvalue weighted by molar-refractivity contribution is -0.138. The van der Waals surface area contributed by atoms with Gasteiger partial charge in [0.15, 0.2) is 0 Å². The second kappa shape index (κ2) is 5.73. The Hall–Kier alpha value is -2.04. The summed E-state index contributed by atoms with van der Waals surface area (Å²) < 4.78 is 5.24. The van der Waals surface area contributed by atoms with Crippen molar-refractivity contribution in [2.24, 2.45) is 0 Å². The smallest absolute Gasteiger partial charge is 0.410 e. The Morgan fingerprint density at radius 2 is 2.00 bits per heavy atom. The van der Waals surface area contributed by atoms with Crippen molar-refractivity contribution in [2.75, 3.05) is 20.1 Å². The van der Waals surface area contributed by atoms with Crippen molar-refractivity contribution in [3.63, 3.8) is 0 Å². The molecule has 0 aromatic heterocycles. The summed E-state index contributed by atoms with van der Waals surface area (Å²) in [7, 11) is 1.74. The van der Waals surface area contributed by atoms with Gasteiger partial charge in [0.1, 0.15) is 12.6 Å². The fourth-order valence-corrected chi connectivity index (χ4v) is 2.07. The molecule has 5 heteroatoms. The van der Waals surface area contributed by atoms with E-state index in [9.17, 15) is 9.59 Å². The molecule has 102 valence electrons. The number of amides is 2. The molecule has 2 amide bonds. The van der Waals surface area contributed by atoms with Crippen molar-refractivity contribution in [3.05, 3.63) is 35.9 Å². The van der Waals surface area contributed by atoms with Crippen molar-refractivity contribution in [1.29, 1.82) is 0 Å². The van der Waals surface area contributed by atoms with Gasteiger partial charge in [-0.25, -0.2) is 4.79 Å². The van der Waals surface area contributed by atoms with Crippen LogP contribution in [0.3, 0.4) is 0 Å². The van der Waals surface area contributed by atoms with Crippen LogP contribution >= 0.6 is 0 Å². The van der Waals surface area contributed by atoms with E-state index in [2.05, 4.69) is 0 Å². The van der Waals surface area contributed by atoms with Crippen LogP contribution in [0.1, 0.15) is 12.5 Å². The molecule has 1 aromatic carbocycles. The Kier molecular flexibility index (Phi) is 4.04. The Morgan fingerprint density at radius 3 is 2.68 bits per heavy atom. The number of carbonyl (C=O) groups is 2. The predicted octanol–water partition coefficient (Wildman–Crippen LogP) is 1.49. The van der Waals surface area contributed by atoms with E-state index in [4.69, 9.17) is 4.74 Å². The van der Waals surface area contributed by atoms with E-state index in [-0.39, 0.29) is 12.5 Å². The van der Waals surface area contributed by atoms with Gasteiger partial charge in [0.2, 0.25) is 5.91 Å². The molecule has 0 bridgehead atoms. The summed E-state index contributed by atoms with van der Waals surface area (Å²) >= 11 is 0. The number of ether oxygens (including phenoxy) is 1.